The molecule has 0 saturated carbocycles. The summed E-state index contributed by atoms with van der Waals surface area (Å²) in [7, 11) is 0. The van der Waals surface area contributed by atoms with Crippen molar-refractivity contribution < 1.29 is 9.53 Å². The van der Waals surface area contributed by atoms with Crippen molar-refractivity contribution in [3.63, 3.8) is 0 Å². The molecule has 0 radical (unpaired) electrons. The minimum absolute atomic E-state index is 0.00903. The predicted octanol–water partition coefficient (Wildman–Crippen LogP) is 4.61. The van der Waals surface area contributed by atoms with Crippen molar-refractivity contribution in [3.8, 4) is 27.6 Å². The lowest BCUT2D eigenvalue weighted by Crippen LogP contribution is -2.39. The van der Waals surface area contributed by atoms with Crippen LogP contribution in [0.15, 0.2) is 53.9 Å². The summed E-state index contributed by atoms with van der Waals surface area (Å²) in [4.78, 5) is 18.7. The van der Waals surface area contributed by atoms with Crippen LogP contribution in [-0.2, 0) is 4.79 Å². The van der Waals surface area contributed by atoms with E-state index >= 15 is 0 Å². The van der Waals surface area contributed by atoms with Crippen LogP contribution in [0.5, 0.6) is 5.75 Å². The second-order valence-electron chi connectivity index (χ2n) is 5.92. The average molecular weight is 350 g/mol. The third kappa shape index (κ3) is 3.03. The maximum absolute atomic E-state index is 12.2. The zero-order chi connectivity index (χ0) is 17.2. The normalized spacial score (nSPS) is 13.5. The zero-order valence-corrected chi connectivity index (χ0v) is 14.8. The van der Waals surface area contributed by atoms with Gasteiger partial charge in [0.05, 0.1) is 11.4 Å². The molecule has 4 rings (SSSR count). The van der Waals surface area contributed by atoms with Gasteiger partial charge in [-0.1, -0.05) is 37.3 Å². The third-order valence-electron chi connectivity index (χ3n) is 4.17. The van der Waals surface area contributed by atoms with Gasteiger partial charge in [-0.2, -0.15) is 0 Å². The van der Waals surface area contributed by atoms with Crippen LogP contribution < -0.4 is 9.64 Å². The van der Waals surface area contributed by atoms with Crippen LogP contribution in [0.1, 0.15) is 13.3 Å². The Bertz CT molecular complexity index is 905. The van der Waals surface area contributed by atoms with Crippen LogP contribution >= 0.6 is 11.3 Å². The van der Waals surface area contributed by atoms with Gasteiger partial charge in [-0.25, -0.2) is 4.98 Å². The summed E-state index contributed by atoms with van der Waals surface area (Å²) in [6, 6.07) is 16.1. The van der Waals surface area contributed by atoms with Crippen molar-refractivity contribution in [1.29, 1.82) is 0 Å². The van der Waals surface area contributed by atoms with Gasteiger partial charge in [-0.15, -0.1) is 11.3 Å². The topological polar surface area (TPSA) is 42.4 Å². The highest BCUT2D eigenvalue weighted by molar-refractivity contribution is 7.13. The zero-order valence-electron chi connectivity index (χ0n) is 13.9. The summed E-state index contributed by atoms with van der Waals surface area (Å²) in [5.41, 5.74) is 3.87. The maximum Gasteiger partial charge on any atom is 0.265 e. The van der Waals surface area contributed by atoms with Gasteiger partial charge < -0.3 is 9.64 Å². The van der Waals surface area contributed by atoms with Gasteiger partial charge in [-0.3, -0.25) is 4.79 Å². The molecule has 1 aliphatic rings. The third-order valence-corrected chi connectivity index (χ3v) is 5.06. The summed E-state index contributed by atoms with van der Waals surface area (Å²) < 4.78 is 5.57. The molecule has 4 nitrogen and oxygen atoms in total. The van der Waals surface area contributed by atoms with E-state index in [9.17, 15) is 4.79 Å². The van der Waals surface area contributed by atoms with Gasteiger partial charge in [0.1, 0.15) is 10.8 Å². The predicted molar refractivity (Wildman–Crippen MR) is 101 cm³/mol. The molecule has 0 atom stereocenters. The number of aromatic nitrogens is 1. The van der Waals surface area contributed by atoms with E-state index in [1.807, 2.05) is 41.3 Å². The Hall–Kier alpha value is -2.66. The van der Waals surface area contributed by atoms with E-state index in [2.05, 4.69) is 24.4 Å². The first kappa shape index (κ1) is 15.8. The molecular formula is C20H18N2O2S. The van der Waals surface area contributed by atoms with Gasteiger partial charge >= 0.3 is 0 Å². The van der Waals surface area contributed by atoms with Crippen LogP contribution in [0.2, 0.25) is 0 Å². The highest BCUT2D eigenvalue weighted by atomic mass is 32.1. The summed E-state index contributed by atoms with van der Waals surface area (Å²) in [6.07, 6.45) is 0.907. The van der Waals surface area contributed by atoms with Gasteiger partial charge in [0.2, 0.25) is 0 Å². The SMILES string of the molecule is CCCN1C(=O)COc2ccc(-c3csc(-c4ccccc4)n3)cc21. The fraction of sp³-hybridized carbons (Fsp3) is 0.200. The minimum atomic E-state index is 0.00903. The molecule has 0 saturated heterocycles. The first-order chi connectivity index (χ1) is 12.3. The van der Waals surface area contributed by atoms with E-state index in [4.69, 9.17) is 9.72 Å². The molecule has 1 aliphatic heterocycles. The fourth-order valence-electron chi connectivity index (χ4n) is 2.95. The van der Waals surface area contributed by atoms with Crippen LogP contribution in [0.4, 0.5) is 5.69 Å². The quantitative estimate of drug-likeness (QED) is 0.690. The molecule has 5 heteroatoms. The van der Waals surface area contributed by atoms with E-state index in [1.165, 1.54) is 0 Å². The number of amides is 1. The van der Waals surface area contributed by atoms with Crippen LogP contribution in [-0.4, -0.2) is 24.0 Å². The number of carbonyl (C=O) groups is 1. The molecule has 25 heavy (non-hydrogen) atoms. The lowest BCUT2D eigenvalue weighted by molar-refractivity contribution is -0.121. The summed E-state index contributed by atoms with van der Waals surface area (Å²) in [6.45, 7) is 2.88. The molecule has 0 N–H and O–H groups in total. The highest BCUT2D eigenvalue weighted by Crippen LogP contribution is 2.37. The number of thiazole rings is 1. The largest absolute Gasteiger partial charge is 0.482 e. The van der Waals surface area contributed by atoms with E-state index in [0.29, 0.717) is 6.54 Å². The van der Waals surface area contributed by atoms with Crippen LogP contribution in [0.3, 0.4) is 0 Å². The maximum atomic E-state index is 12.2. The molecule has 0 aliphatic carbocycles. The second-order valence-corrected chi connectivity index (χ2v) is 6.78. The standard InChI is InChI=1S/C20H18N2O2S/c1-2-10-22-17-11-15(8-9-18(17)24-12-19(22)23)16-13-25-20(21-16)14-6-4-3-5-7-14/h3-9,11,13H,2,10,12H2,1H3. The van der Waals surface area contributed by atoms with Crippen molar-refractivity contribution in [2.75, 3.05) is 18.1 Å². The van der Waals surface area contributed by atoms with Crippen molar-refractivity contribution in [2.45, 2.75) is 13.3 Å². The minimum Gasteiger partial charge on any atom is -0.482 e. The van der Waals surface area contributed by atoms with Crippen molar-refractivity contribution in [2.24, 2.45) is 0 Å². The highest BCUT2D eigenvalue weighted by Gasteiger charge is 2.25. The number of rotatable bonds is 4. The Kier molecular flexibility index (Phi) is 4.24. The van der Waals surface area contributed by atoms with E-state index in [1.54, 1.807) is 11.3 Å². The summed E-state index contributed by atoms with van der Waals surface area (Å²) in [5.74, 6) is 0.769. The summed E-state index contributed by atoms with van der Waals surface area (Å²) >= 11 is 1.62. The fourth-order valence-corrected chi connectivity index (χ4v) is 3.79. The van der Waals surface area contributed by atoms with E-state index in [0.717, 1.165) is 39.7 Å². The molecule has 3 aromatic rings. The number of carbonyl (C=O) groups excluding carboxylic acids is 1. The molecule has 0 fully saturated rings. The van der Waals surface area contributed by atoms with Gasteiger partial charge in [0, 0.05) is 23.1 Å². The number of benzene rings is 2. The monoisotopic (exact) mass is 350 g/mol. The molecule has 2 heterocycles. The van der Waals surface area contributed by atoms with Crippen LogP contribution in [0, 0.1) is 0 Å². The van der Waals surface area contributed by atoms with Crippen LogP contribution in [0.25, 0.3) is 21.8 Å². The first-order valence-electron chi connectivity index (χ1n) is 8.35. The smallest absolute Gasteiger partial charge is 0.265 e. The summed E-state index contributed by atoms with van der Waals surface area (Å²) in [5, 5.41) is 3.05. The molecular weight excluding hydrogens is 332 g/mol. The number of nitrogens with zero attached hydrogens (tertiary/aromatic N) is 2. The molecule has 1 aromatic heterocycles. The van der Waals surface area contributed by atoms with Gasteiger partial charge in [0.15, 0.2) is 6.61 Å². The molecule has 0 unspecified atom stereocenters. The van der Waals surface area contributed by atoms with Gasteiger partial charge in [0.25, 0.3) is 5.91 Å². The Balaban J connectivity index is 1.70. The van der Waals surface area contributed by atoms with Crippen molar-refractivity contribution in [3.05, 3.63) is 53.9 Å². The van der Waals surface area contributed by atoms with Gasteiger partial charge in [-0.05, 0) is 24.6 Å². The number of fused-ring (bicyclic) bond motifs is 1. The van der Waals surface area contributed by atoms with E-state index in [-0.39, 0.29) is 12.5 Å². The second kappa shape index (κ2) is 6.69. The molecule has 1 amide bonds. The Morgan fingerprint density at radius 1 is 1.16 bits per heavy atom. The van der Waals surface area contributed by atoms with Crippen molar-refractivity contribution >= 4 is 22.9 Å². The molecule has 0 bridgehead atoms. The number of hydrogen-bond acceptors (Lipinski definition) is 4. The van der Waals surface area contributed by atoms with Crippen molar-refractivity contribution in [1.82, 2.24) is 4.98 Å². The lowest BCUT2D eigenvalue weighted by Gasteiger charge is -2.29. The number of anilines is 1. The lowest BCUT2D eigenvalue weighted by atomic mass is 10.1. The Labute approximate surface area is 150 Å². The number of ether oxygens (including phenoxy) is 1. The number of hydrogen-bond donors (Lipinski definition) is 0. The molecule has 2 aromatic carbocycles. The Morgan fingerprint density at radius 3 is 2.80 bits per heavy atom. The average Bonchev–Trinajstić information content (AvgIpc) is 3.15. The molecule has 126 valence electrons. The first-order valence-corrected chi connectivity index (χ1v) is 9.23. The molecule has 0 spiro atoms. The Morgan fingerprint density at radius 2 is 2.00 bits per heavy atom. The van der Waals surface area contributed by atoms with E-state index < -0.39 is 0 Å².